The van der Waals surface area contributed by atoms with Crippen LogP contribution in [0.25, 0.3) is 0 Å². The van der Waals surface area contributed by atoms with E-state index in [-0.39, 0.29) is 11.9 Å². The molecule has 0 unspecified atom stereocenters. The Morgan fingerprint density at radius 3 is 3.17 bits per heavy atom. The summed E-state index contributed by atoms with van der Waals surface area (Å²) in [5, 5.41) is 10.4. The predicted octanol–water partition coefficient (Wildman–Crippen LogP) is 0.968. The van der Waals surface area contributed by atoms with Crippen molar-refractivity contribution in [3.8, 4) is 0 Å². The summed E-state index contributed by atoms with van der Waals surface area (Å²) in [4.78, 5) is 19.2. The van der Waals surface area contributed by atoms with Gasteiger partial charge in [0.1, 0.15) is 6.04 Å². The van der Waals surface area contributed by atoms with Crippen molar-refractivity contribution in [2.45, 2.75) is 26.1 Å². The number of hydrogen-bond acceptors (Lipinski definition) is 6. The molecule has 0 aromatic carbocycles. The predicted molar refractivity (Wildman–Crippen MR) is 87.1 cm³/mol. The zero-order valence-corrected chi connectivity index (χ0v) is 14.2. The van der Waals surface area contributed by atoms with Gasteiger partial charge in [-0.1, -0.05) is 0 Å². The van der Waals surface area contributed by atoms with E-state index < -0.39 is 0 Å². The second-order valence-corrected chi connectivity index (χ2v) is 6.66. The summed E-state index contributed by atoms with van der Waals surface area (Å²) < 4.78 is 6.81. The highest BCUT2D eigenvalue weighted by Crippen LogP contribution is 2.22. The number of amides is 1. The smallest absolute Gasteiger partial charge is 0.246 e. The fraction of sp³-hybridized carbons (Fsp3) is 0.533. The zero-order valence-electron chi connectivity index (χ0n) is 13.4. The molecule has 3 heterocycles. The van der Waals surface area contributed by atoms with Crippen LogP contribution in [0.5, 0.6) is 0 Å². The summed E-state index contributed by atoms with van der Waals surface area (Å²) in [6, 6.07) is 1.65. The van der Waals surface area contributed by atoms with Crippen LogP contribution in [0.15, 0.2) is 17.6 Å². The van der Waals surface area contributed by atoms with Crippen molar-refractivity contribution in [2.24, 2.45) is 0 Å². The first-order valence-corrected chi connectivity index (χ1v) is 8.47. The Hall–Kier alpha value is -1.77. The largest absolute Gasteiger partial charge is 0.383 e. The highest BCUT2D eigenvalue weighted by molar-refractivity contribution is 7.09. The molecule has 0 saturated carbocycles. The van der Waals surface area contributed by atoms with E-state index in [9.17, 15) is 4.79 Å². The van der Waals surface area contributed by atoms with Gasteiger partial charge in [-0.05, 0) is 13.0 Å². The number of aryl methyl sites for hydroxylation is 1. The summed E-state index contributed by atoms with van der Waals surface area (Å²) in [5.41, 5.74) is 2.11. The van der Waals surface area contributed by atoms with Crippen molar-refractivity contribution in [2.75, 3.05) is 26.8 Å². The van der Waals surface area contributed by atoms with Gasteiger partial charge in [0.25, 0.3) is 0 Å². The van der Waals surface area contributed by atoms with Crippen LogP contribution in [0.2, 0.25) is 0 Å². The monoisotopic (exact) mass is 335 g/mol. The minimum atomic E-state index is -0.315. The molecule has 2 aromatic heterocycles. The maximum absolute atomic E-state index is 12.5. The molecule has 7 nitrogen and oxygen atoms in total. The molecule has 0 spiro atoms. The van der Waals surface area contributed by atoms with E-state index in [0.717, 1.165) is 29.5 Å². The highest BCUT2D eigenvalue weighted by Gasteiger charge is 2.30. The van der Waals surface area contributed by atoms with Crippen molar-refractivity contribution in [1.82, 2.24) is 25.0 Å². The second kappa shape index (κ2) is 7.20. The number of nitrogens with zero attached hydrogens (tertiary/aromatic N) is 4. The van der Waals surface area contributed by atoms with Gasteiger partial charge in [0, 0.05) is 44.9 Å². The van der Waals surface area contributed by atoms with Crippen LogP contribution >= 0.6 is 11.3 Å². The molecule has 0 bridgehead atoms. The molecular weight excluding hydrogens is 314 g/mol. The lowest BCUT2D eigenvalue weighted by molar-refractivity contribution is -0.126. The summed E-state index contributed by atoms with van der Waals surface area (Å²) in [5.74, 6) is -0.0221. The molecule has 124 valence electrons. The Morgan fingerprint density at radius 2 is 2.43 bits per heavy atom. The summed E-state index contributed by atoms with van der Waals surface area (Å²) in [6.07, 6.45) is 1.75. The van der Waals surface area contributed by atoms with Gasteiger partial charge >= 0.3 is 0 Å². The van der Waals surface area contributed by atoms with E-state index in [2.05, 4.69) is 25.7 Å². The van der Waals surface area contributed by atoms with Crippen molar-refractivity contribution in [3.05, 3.63) is 34.0 Å². The van der Waals surface area contributed by atoms with E-state index >= 15 is 0 Å². The number of methoxy groups -OCH3 is 1. The number of carbonyl (C=O) groups excluding carboxylic acids is 1. The molecule has 2 aromatic rings. The van der Waals surface area contributed by atoms with Crippen LogP contribution in [0.4, 0.5) is 0 Å². The number of thiazole rings is 1. The van der Waals surface area contributed by atoms with Crippen LogP contribution < -0.4 is 5.32 Å². The van der Waals surface area contributed by atoms with E-state index in [1.165, 1.54) is 0 Å². The van der Waals surface area contributed by atoms with Gasteiger partial charge in [0.15, 0.2) is 0 Å². The molecule has 1 aliphatic rings. The molecule has 0 saturated heterocycles. The van der Waals surface area contributed by atoms with Crippen LogP contribution in [0.1, 0.15) is 22.4 Å². The number of carbonyl (C=O) groups is 1. The Morgan fingerprint density at radius 1 is 1.57 bits per heavy atom. The van der Waals surface area contributed by atoms with Gasteiger partial charge < -0.3 is 10.1 Å². The third-order valence-electron chi connectivity index (χ3n) is 3.82. The van der Waals surface area contributed by atoms with Crippen LogP contribution in [0, 0.1) is 6.92 Å². The molecule has 1 amide bonds. The average molecular weight is 335 g/mol. The Balaban J connectivity index is 1.70. The summed E-state index contributed by atoms with van der Waals surface area (Å²) >= 11 is 1.65. The Bertz CT molecular complexity index is 668. The third-order valence-corrected chi connectivity index (χ3v) is 4.65. The minimum Gasteiger partial charge on any atom is -0.383 e. The number of rotatable bonds is 6. The lowest BCUT2D eigenvalue weighted by Crippen LogP contribution is -2.45. The lowest BCUT2D eigenvalue weighted by atomic mass is 10.1. The molecule has 8 heteroatoms. The summed E-state index contributed by atoms with van der Waals surface area (Å²) in [6.45, 7) is 5.17. The van der Waals surface area contributed by atoms with Crippen LogP contribution in [-0.2, 0) is 22.6 Å². The molecule has 0 aliphatic carbocycles. The maximum atomic E-state index is 12.5. The van der Waals surface area contributed by atoms with E-state index in [0.29, 0.717) is 19.7 Å². The topological polar surface area (TPSA) is 72.3 Å². The number of hydrogen-bond donors (Lipinski definition) is 1. The maximum Gasteiger partial charge on any atom is 0.246 e. The molecule has 0 fully saturated rings. The second-order valence-electron chi connectivity index (χ2n) is 5.59. The molecule has 1 atom stereocenters. The molecule has 23 heavy (non-hydrogen) atoms. The Kier molecular flexibility index (Phi) is 5.04. The first-order valence-electron chi connectivity index (χ1n) is 7.60. The van der Waals surface area contributed by atoms with E-state index in [4.69, 9.17) is 4.74 Å². The van der Waals surface area contributed by atoms with Crippen molar-refractivity contribution in [1.29, 1.82) is 0 Å². The fourth-order valence-electron chi connectivity index (χ4n) is 2.78. The van der Waals surface area contributed by atoms with E-state index in [1.54, 1.807) is 24.6 Å². The van der Waals surface area contributed by atoms with Crippen LogP contribution in [-0.4, -0.2) is 52.4 Å². The SMILES string of the molecule is COCCNC(=O)[C@H]1CN(Cc2csc(C)n2)Cc2ccnn21. The average Bonchev–Trinajstić information content (AvgIpc) is 3.15. The molecule has 3 rings (SSSR count). The number of nitrogens with one attached hydrogen (secondary N) is 1. The highest BCUT2D eigenvalue weighted by atomic mass is 32.1. The minimum absolute atomic E-state index is 0.0221. The Labute approximate surface area is 139 Å². The van der Waals surface area contributed by atoms with Crippen molar-refractivity contribution in [3.63, 3.8) is 0 Å². The lowest BCUT2D eigenvalue weighted by Gasteiger charge is -2.32. The first kappa shape index (κ1) is 16.1. The fourth-order valence-corrected chi connectivity index (χ4v) is 3.39. The number of ether oxygens (including phenoxy) is 1. The van der Waals surface area contributed by atoms with Crippen molar-refractivity contribution >= 4 is 17.2 Å². The van der Waals surface area contributed by atoms with E-state index in [1.807, 2.05) is 17.7 Å². The van der Waals surface area contributed by atoms with Gasteiger partial charge in [-0.3, -0.25) is 14.4 Å². The molecule has 0 radical (unpaired) electrons. The van der Waals surface area contributed by atoms with Gasteiger partial charge in [0.05, 0.1) is 23.0 Å². The van der Waals surface area contributed by atoms with Gasteiger partial charge in [-0.2, -0.15) is 5.10 Å². The summed E-state index contributed by atoms with van der Waals surface area (Å²) in [7, 11) is 1.62. The number of fused-ring (bicyclic) bond motifs is 1. The standard InChI is InChI=1S/C15H21N5O2S/c1-11-18-12(10-23-11)7-19-8-13-3-4-17-20(13)14(9-19)15(21)16-5-6-22-2/h3-4,10,14H,5-9H2,1-2H3,(H,16,21)/t14-/m1/s1. The van der Waals surface area contributed by atoms with Gasteiger partial charge in [-0.15, -0.1) is 11.3 Å². The molecular formula is C15H21N5O2S. The first-order chi connectivity index (χ1) is 11.2. The van der Waals surface area contributed by atoms with Crippen LogP contribution in [0.3, 0.4) is 0 Å². The quantitative estimate of drug-likeness (QED) is 0.797. The normalized spacial score (nSPS) is 17.9. The molecule has 1 aliphatic heterocycles. The molecule has 1 N–H and O–H groups in total. The number of aromatic nitrogens is 3. The zero-order chi connectivity index (χ0) is 16.2. The van der Waals surface area contributed by atoms with Gasteiger partial charge in [-0.25, -0.2) is 4.98 Å². The van der Waals surface area contributed by atoms with Gasteiger partial charge in [0.2, 0.25) is 5.91 Å². The third kappa shape index (κ3) is 3.77. The van der Waals surface area contributed by atoms with Crippen molar-refractivity contribution < 1.29 is 9.53 Å².